The second kappa shape index (κ2) is 8.20. The number of hydrogen-bond acceptors (Lipinski definition) is 2. The number of carbonyl (C=O) groups excluding carboxylic acids is 1. The number of fused-ring (bicyclic) bond motifs is 2. The lowest BCUT2D eigenvalue weighted by Gasteiger charge is -2.27. The van der Waals surface area contributed by atoms with Crippen LogP contribution >= 0.6 is 0 Å². The molecule has 2 saturated carbocycles. The Kier molecular flexibility index (Phi) is 5.36. The number of aromatic amines is 1. The summed E-state index contributed by atoms with van der Waals surface area (Å²) in [5.74, 6) is 2.90. The number of benzene rings is 2. The van der Waals surface area contributed by atoms with Crippen molar-refractivity contribution in [2.45, 2.75) is 52.9 Å². The van der Waals surface area contributed by atoms with Gasteiger partial charge in [0, 0.05) is 11.8 Å². The number of aromatic nitrogens is 2. The molecule has 0 radical (unpaired) electrons. The molecule has 1 aromatic heterocycles. The van der Waals surface area contributed by atoms with Gasteiger partial charge in [-0.05, 0) is 92.2 Å². The fourth-order valence-electron chi connectivity index (χ4n) is 6.15. The van der Waals surface area contributed by atoms with Crippen molar-refractivity contribution in [2.75, 3.05) is 0 Å². The Morgan fingerprint density at radius 3 is 2.44 bits per heavy atom. The fourth-order valence-corrected chi connectivity index (χ4v) is 6.15. The largest absolute Gasteiger partial charge is 0.342 e. The Morgan fingerprint density at radius 1 is 1.03 bits per heavy atom. The number of nitrogens with zero attached hydrogens (tertiary/aromatic N) is 1. The van der Waals surface area contributed by atoms with Gasteiger partial charge in [-0.1, -0.05) is 48.5 Å². The van der Waals surface area contributed by atoms with E-state index in [0.717, 1.165) is 17.1 Å². The molecule has 3 heteroatoms. The number of imidazole rings is 1. The third-order valence-electron chi connectivity index (χ3n) is 7.92. The van der Waals surface area contributed by atoms with Crippen molar-refractivity contribution in [1.29, 1.82) is 0 Å². The van der Waals surface area contributed by atoms with E-state index in [0.29, 0.717) is 17.6 Å². The highest BCUT2D eigenvalue weighted by Crippen LogP contribution is 2.56. The van der Waals surface area contributed by atoms with Gasteiger partial charge in [-0.2, -0.15) is 0 Å². The van der Waals surface area contributed by atoms with Crippen molar-refractivity contribution in [3.05, 3.63) is 71.7 Å². The highest BCUT2D eigenvalue weighted by atomic mass is 16.1. The lowest BCUT2D eigenvalue weighted by atomic mass is 9.77. The van der Waals surface area contributed by atoms with E-state index in [-0.39, 0.29) is 11.8 Å². The molecule has 2 aliphatic carbocycles. The molecule has 0 saturated heterocycles. The number of hydrogen-bond donors (Lipinski definition) is 1. The molecular weight excluding hydrogens is 392 g/mol. The van der Waals surface area contributed by atoms with Crippen LogP contribution in [0.3, 0.4) is 0 Å². The van der Waals surface area contributed by atoms with Crippen molar-refractivity contribution in [2.24, 2.45) is 17.8 Å². The number of nitrogens with one attached hydrogen (secondary N) is 1. The van der Waals surface area contributed by atoms with E-state index in [4.69, 9.17) is 4.98 Å². The maximum Gasteiger partial charge on any atom is 0.133 e. The predicted molar refractivity (Wildman–Crippen MR) is 131 cm³/mol. The smallest absolute Gasteiger partial charge is 0.133 e. The Balaban J connectivity index is 1.39. The van der Waals surface area contributed by atoms with Gasteiger partial charge >= 0.3 is 0 Å². The average Bonchev–Trinajstić information content (AvgIpc) is 3.54. The number of allylic oxidation sites excluding steroid dienone is 2. The second-order valence-corrected chi connectivity index (χ2v) is 9.76. The Labute approximate surface area is 191 Å². The monoisotopic (exact) mass is 424 g/mol. The molecule has 0 aliphatic heterocycles. The molecule has 2 aliphatic rings. The van der Waals surface area contributed by atoms with Gasteiger partial charge in [-0.25, -0.2) is 4.98 Å². The Morgan fingerprint density at radius 2 is 1.75 bits per heavy atom. The molecule has 2 unspecified atom stereocenters. The molecule has 2 fully saturated rings. The van der Waals surface area contributed by atoms with Gasteiger partial charge in [0.15, 0.2) is 0 Å². The number of ketones is 1. The zero-order chi connectivity index (χ0) is 22.4. The van der Waals surface area contributed by atoms with Gasteiger partial charge in [0.1, 0.15) is 11.6 Å². The lowest BCUT2D eigenvalue weighted by molar-refractivity contribution is -0.122. The molecule has 2 aromatic carbocycles. The zero-order valence-electron chi connectivity index (χ0n) is 19.5. The number of carbonyl (C=O) groups is 1. The van der Waals surface area contributed by atoms with E-state index >= 15 is 0 Å². The quantitative estimate of drug-likeness (QED) is 0.471. The molecule has 32 heavy (non-hydrogen) atoms. The third-order valence-corrected chi connectivity index (χ3v) is 7.92. The van der Waals surface area contributed by atoms with Gasteiger partial charge in [0.05, 0.1) is 11.9 Å². The molecule has 0 amide bonds. The number of H-pyrrole nitrogens is 1. The summed E-state index contributed by atoms with van der Waals surface area (Å²) in [5.41, 5.74) is 8.52. The molecule has 0 spiro atoms. The van der Waals surface area contributed by atoms with Crippen molar-refractivity contribution >= 4 is 11.4 Å². The summed E-state index contributed by atoms with van der Waals surface area (Å²) in [6.07, 6.45) is 7.71. The highest BCUT2D eigenvalue weighted by molar-refractivity contribution is 5.80. The van der Waals surface area contributed by atoms with Crippen LogP contribution in [0.2, 0.25) is 0 Å². The molecule has 1 heterocycles. The van der Waals surface area contributed by atoms with Gasteiger partial charge in [-0.3, -0.25) is 4.79 Å². The van der Waals surface area contributed by atoms with Crippen LogP contribution in [-0.2, 0) is 4.79 Å². The first-order valence-electron chi connectivity index (χ1n) is 11.9. The maximum absolute atomic E-state index is 12.3. The van der Waals surface area contributed by atoms with Crippen LogP contribution in [0.15, 0.2) is 54.7 Å². The van der Waals surface area contributed by atoms with Crippen LogP contribution in [0.25, 0.3) is 28.0 Å². The van der Waals surface area contributed by atoms with E-state index < -0.39 is 0 Å². The number of aryl methyl sites for hydroxylation is 1. The van der Waals surface area contributed by atoms with E-state index in [1.54, 1.807) is 6.92 Å². The first kappa shape index (κ1) is 20.9. The molecule has 4 atom stereocenters. The van der Waals surface area contributed by atoms with E-state index in [1.807, 2.05) is 6.20 Å². The standard InChI is InChI=1S/C29H32N2O/c1-5-17(2)22-12-13-25(18(3)14-22)20-6-8-21(9-7-20)26-16-30-29(31-26)28-24-11-10-23(15-24)27(28)19(4)32/h5-9,12-14,16,23-24,27-28H,10-11,15H2,1-4H3,(H,30,31)/b17-5+/t23?,24?,27-,28-/m0/s1. The summed E-state index contributed by atoms with van der Waals surface area (Å²) in [4.78, 5) is 20.6. The van der Waals surface area contributed by atoms with Crippen LogP contribution in [0.5, 0.6) is 0 Å². The molecule has 1 N–H and O–H groups in total. The summed E-state index contributed by atoms with van der Waals surface area (Å²) >= 11 is 0. The summed E-state index contributed by atoms with van der Waals surface area (Å²) in [6.45, 7) is 8.17. The van der Waals surface area contributed by atoms with Gasteiger partial charge < -0.3 is 4.98 Å². The SMILES string of the molecule is C/C=C(\C)c1ccc(-c2ccc(-c3cnc([C@H]4C5CCC(C5)[C@@H]4C(C)=O)[nH]3)cc2)c(C)c1. The highest BCUT2D eigenvalue weighted by Gasteiger charge is 2.51. The van der Waals surface area contributed by atoms with Gasteiger partial charge in [0.25, 0.3) is 0 Å². The Hall–Kier alpha value is -2.94. The van der Waals surface area contributed by atoms with E-state index in [1.165, 1.54) is 47.1 Å². The number of rotatable bonds is 5. The van der Waals surface area contributed by atoms with Crippen molar-refractivity contribution in [3.63, 3.8) is 0 Å². The lowest BCUT2D eigenvalue weighted by Crippen LogP contribution is -2.27. The van der Waals surface area contributed by atoms with Crippen molar-refractivity contribution < 1.29 is 4.79 Å². The summed E-state index contributed by atoms with van der Waals surface area (Å²) in [7, 11) is 0. The van der Waals surface area contributed by atoms with Crippen molar-refractivity contribution in [3.8, 4) is 22.4 Å². The minimum atomic E-state index is 0.146. The van der Waals surface area contributed by atoms with Crippen LogP contribution < -0.4 is 0 Å². The molecule has 3 nitrogen and oxygen atoms in total. The summed E-state index contributed by atoms with van der Waals surface area (Å²) in [6, 6.07) is 15.4. The zero-order valence-corrected chi connectivity index (χ0v) is 19.5. The van der Waals surface area contributed by atoms with Crippen LogP contribution in [0, 0.1) is 24.7 Å². The molecule has 3 aromatic rings. The predicted octanol–water partition coefficient (Wildman–Crippen LogP) is 7.19. The molecular formula is C29H32N2O. The first-order valence-corrected chi connectivity index (χ1v) is 11.9. The summed E-state index contributed by atoms with van der Waals surface area (Å²) < 4.78 is 0. The topological polar surface area (TPSA) is 45.8 Å². The maximum atomic E-state index is 12.3. The van der Waals surface area contributed by atoms with Gasteiger partial charge in [-0.15, -0.1) is 0 Å². The third kappa shape index (κ3) is 3.54. The van der Waals surface area contributed by atoms with Crippen LogP contribution in [0.4, 0.5) is 0 Å². The fraction of sp³-hybridized carbons (Fsp3) is 0.379. The average molecular weight is 425 g/mol. The molecule has 5 rings (SSSR count). The Bertz CT molecular complexity index is 1180. The minimum Gasteiger partial charge on any atom is -0.342 e. The first-order chi connectivity index (χ1) is 15.5. The molecule has 2 bridgehead atoms. The van der Waals surface area contributed by atoms with Crippen LogP contribution in [-0.4, -0.2) is 15.8 Å². The van der Waals surface area contributed by atoms with Crippen LogP contribution in [0.1, 0.15) is 62.9 Å². The summed E-state index contributed by atoms with van der Waals surface area (Å²) in [5, 5.41) is 0. The second-order valence-electron chi connectivity index (χ2n) is 9.76. The van der Waals surface area contributed by atoms with Crippen molar-refractivity contribution in [1.82, 2.24) is 9.97 Å². The minimum absolute atomic E-state index is 0.146. The van der Waals surface area contributed by atoms with E-state index in [9.17, 15) is 4.79 Å². The normalized spacial score (nSPS) is 24.8. The number of Topliss-reactive ketones (excluding diaryl/α,β-unsaturated/α-hetero) is 1. The van der Waals surface area contributed by atoms with E-state index in [2.05, 4.69) is 74.3 Å². The molecule has 164 valence electrons. The van der Waals surface area contributed by atoms with Gasteiger partial charge in [0.2, 0.25) is 0 Å².